The van der Waals surface area contributed by atoms with E-state index < -0.39 is 5.54 Å². The highest BCUT2D eigenvalue weighted by atomic mass is 35.5. The Morgan fingerprint density at radius 3 is 2.65 bits per heavy atom. The Kier molecular flexibility index (Phi) is 7.07. The van der Waals surface area contributed by atoms with Gasteiger partial charge in [-0.25, -0.2) is 4.79 Å². The first-order valence-corrected chi connectivity index (χ1v) is 11.5. The third kappa shape index (κ3) is 4.85. The Morgan fingerprint density at radius 2 is 1.94 bits per heavy atom. The smallest absolute Gasteiger partial charge is 0.320 e. The maximum absolute atomic E-state index is 13.2. The summed E-state index contributed by atoms with van der Waals surface area (Å²) < 4.78 is 11.8. The molecule has 2 aliphatic rings. The molecule has 0 bridgehead atoms. The number of benzene rings is 2. The van der Waals surface area contributed by atoms with Crippen LogP contribution >= 0.6 is 23.2 Å². The number of hydrogen-bond donors (Lipinski definition) is 0. The Bertz CT molecular complexity index is 905. The normalized spacial score (nSPS) is 24.1. The summed E-state index contributed by atoms with van der Waals surface area (Å²) in [5, 5.41) is 0.984. The van der Waals surface area contributed by atoms with Gasteiger partial charge in [-0.05, 0) is 42.5 Å². The average molecular weight is 463 g/mol. The lowest BCUT2D eigenvalue weighted by molar-refractivity contribution is -0.166. The number of likely N-dealkylation sites (N-methyl/N-ethyl adjacent to an activating group) is 1. The minimum Gasteiger partial charge on any atom is -0.353 e. The van der Waals surface area contributed by atoms with Gasteiger partial charge in [-0.1, -0.05) is 59.6 Å². The summed E-state index contributed by atoms with van der Waals surface area (Å²) in [5.74, 6) is 0. The van der Waals surface area contributed by atoms with Gasteiger partial charge in [0.25, 0.3) is 0 Å². The number of amides is 2. The van der Waals surface area contributed by atoms with E-state index >= 15 is 0 Å². The molecular weight excluding hydrogens is 435 g/mol. The third-order valence-corrected chi connectivity index (χ3v) is 7.02. The molecule has 0 spiro atoms. The molecule has 0 aromatic heterocycles. The van der Waals surface area contributed by atoms with Crippen LogP contribution in [0.1, 0.15) is 36.8 Å². The van der Waals surface area contributed by atoms with Crippen molar-refractivity contribution in [2.75, 3.05) is 26.8 Å². The second-order valence-electron chi connectivity index (χ2n) is 8.26. The van der Waals surface area contributed by atoms with Gasteiger partial charge in [0.1, 0.15) is 0 Å². The number of urea groups is 1. The monoisotopic (exact) mass is 462 g/mol. The van der Waals surface area contributed by atoms with Gasteiger partial charge in [0, 0.05) is 26.6 Å². The molecule has 2 unspecified atom stereocenters. The molecule has 7 heteroatoms. The van der Waals surface area contributed by atoms with E-state index in [4.69, 9.17) is 32.7 Å². The number of hydrogen-bond acceptors (Lipinski definition) is 3. The van der Waals surface area contributed by atoms with Crippen LogP contribution in [0, 0.1) is 0 Å². The minimum atomic E-state index is -0.561. The van der Waals surface area contributed by atoms with Crippen LogP contribution in [0.3, 0.4) is 0 Å². The van der Waals surface area contributed by atoms with Crippen molar-refractivity contribution in [1.29, 1.82) is 0 Å². The third-order valence-electron chi connectivity index (χ3n) is 6.28. The Labute approximate surface area is 193 Å². The van der Waals surface area contributed by atoms with E-state index in [-0.39, 0.29) is 12.3 Å². The van der Waals surface area contributed by atoms with Crippen molar-refractivity contribution in [2.24, 2.45) is 0 Å². The van der Waals surface area contributed by atoms with E-state index in [0.29, 0.717) is 36.2 Å². The van der Waals surface area contributed by atoms with Crippen LogP contribution in [0.4, 0.5) is 4.79 Å². The highest BCUT2D eigenvalue weighted by molar-refractivity contribution is 6.42. The van der Waals surface area contributed by atoms with Gasteiger partial charge >= 0.3 is 6.03 Å². The lowest BCUT2D eigenvalue weighted by Gasteiger charge is -2.36. The summed E-state index contributed by atoms with van der Waals surface area (Å²) in [6.07, 6.45) is 3.58. The van der Waals surface area contributed by atoms with E-state index in [2.05, 4.69) is 0 Å². The SMILES string of the molecule is CN1C(=O)N(Cc2ccccc2)CC1(CCOC1CCCCO1)c1ccc(Cl)c(Cl)c1. The summed E-state index contributed by atoms with van der Waals surface area (Å²) in [4.78, 5) is 16.9. The number of carbonyl (C=O) groups is 1. The van der Waals surface area contributed by atoms with Crippen LogP contribution in [0.25, 0.3) is 0 Å². The van der Waals surface area contributed by atoms with E-state index in [1.807, 2.05) is 59.3 Å². The molecule has 0 saturated carbocycles. The molecule has 2 aromatic carbocycles. The molecule has 2 amide bonds. The molecule has 4 rings (SSSR count). The van der Waals surface area contributed by atoms with Gasteiger partial charge in [-0.2, -0.15) is 0 Å². The van der Waals surface area contributed by atoms with E-state index in [9.17, 15) is 4.79 Å². The second kappa shape index (κ2) is 9.78. The zero-order valence-corrected chi connectivity index (χ0v) is 19.2. The minimum absolute atomic E-state index is 0.0103. The summed E-state index contributed by atoms with van der Waals surface area (Å²) in [5.41, 5.74) is 1.50. The Hall–Kier alpha value is -1.79. The first-order chi connectivity index (χ1) is 15.0. The topological polar surface area (TPSA) is 42.0 Å². The molecule has 2 aromatic rings. The Morgan fingerprint density at radius 1 is 1.13 bits per heavy atom. The molecule has 2 saturated heterocycles. The van der Waals surface area contributed by atoms with Gasteiger partial charge in [-0.3, -0.25) is 0 Å². The molecular formula is C24H28Cl2N2O3. The number of carbonyl (C=O) groups excluding carboxylic acids is 1. The maximum Gasteiger partial charge on any atom is 0.320 e. The fourth-order valence-electron chi connectivity index (χ4n) is 4.48. The van der Waals surface area contributed by atoms with Gasteiger partial charge in [0.05, 0.1) is 28.7 Å². The summed E-state index contributed by atoms with van der Waals surface area (Å²) in [7, 11) is 1.85. The zero-order valence-electron chi connectivity index (χ0n) is 17.7. The van der Waals surface area contributed by atoms with Crippen LogP contribution in [0.2, 0.25) is 10.0 Å². The fourth-order valence-corrected chi connectivity index (χ4v) is 4.77. The van der Waals surface area contributed by atoms with Crippen LogP contribution in [-0.4, -0.2) is 48.9 Å². The van der Waals surface area contributed by atoms with Crippen molar-refractivity contribution in [3.05, 3.63) is 69.7 Å². The number of nitrogens with zero attached hydrogens (tertiary/aromatic N) is 2. The molecule has 5 nitrogen and oxygen atoms in total. The highest BCUT2D eigenvalue weighted by Crippen LogP contribution is 2.41. The van der Waals surface area contributed by atoms with E-state index in [0.717, 1.165) is 37.0 Å². The zero-order chi connectivity index (χ0) is 21.8. The average Bonchev–Trinajstić information content (AvgIpc) is 3.02. The largest absolute Gasteiger partial charge is 0.353 e. The first-order valence-electron chi connectivity index (χ1n) is 10.7. The predicted molar refractivity (Wildman–Crippen MR) is 122 cm³/mol. The highest BCUT2D eigenvalue weighted by Gasteiger charge is 2.48. The number of rotatable bonds is 7. The molecule has 0 aliphatic carbocycles. The van der Waals surface area contributed by atoms with Crippen molar-refractivity contribution in [1.82, 2.24) is 9.80 Å². The molecule has 2 heterocycles. The molecule has 0 N–H and O–H groups in total. The molecule has 2 aliphatic heterocycles. The lowest BCUT2D eigenvalue weighted by atomic mass is 9.86. The van der Waals surface area contributed by atoms with Crippen molar-refractivity contribution in [3.63, 3.8) is 0 Å². The van der Waals surface area contributed by atoms with E-state index in [1.54, 1.807) is 6.07 Å². The van der Waals surface area contributed by atoms with Crippen molar-refractivity contribution in [3.8, 4) is 0 Å². The maximum atomic E-state index is 13.2. The summed E-state index contributed by atoms with van der Waals surface area (Å²) in [6, 6.07) is 15.7. The summed E-state index contributed by atoms with van der Waals surface area (Å²) >= 11 is 12.5. The Balaban J connectivity index is 1.58. The van der Waals surface area contributed by atoms with Crippen molar-refractivity contribution >= 4 is 29.2 Å². The van der Waals surface area contributed by atoms with Crippen molar-refractivity contribution in [2.45, 2.75) is 44.1 Å². The molecule has 2 fully saturated rings. The van der Waals surface area contributed by atoms with Crippen LogP contribution in [-0.2, 0) is 21.6 Å². The first kappa shape index (κ1) is 22.4. The fraction of sp³-hybridized carbons (Fsp3) is 0.458. The van der Waals surface area contributed by atoms with Gasteiger partial charge in [0.15, 0.2) is 6.29 Å². The molecule has 31 heavy (non-hydrogen) atoms. The molecule has 2 atom stereocenters. The van der Waals surface area contributed by atoms with Gasteiger partial charge < -0.3 is 19.3 Å². The predicted octanol–water partition coefficient (Wildman–Crippen LogP) is 5.69. The summed E-state index contributed by atoms with van der Waals surface area (Å²) in [6.45, 7) is 2.33. The standard InChI is InChI=1S/C24H28Cl2N2O3/c1-27-23(29)28(16-18-7-3-2-4-8-18)17-24(27,19-10-11-20(25)21(26)15-19)12-14-31-22-9-5-6-13-30-22/h2-4,7-8,10-11,15,22H,5-6,9,12-14,16-17H2,1H3. The molecule has 0 radical (unpaired) electrons. The van der Waals surface area contributed by atoms with Gasteiger partial charge in [-0.15, -0.1) is 0 Å². The van der Waals surface area contributed by atoms with Crippen LogP contribution < -0.4 is 0 Å². The second-order valence-corrected chi connectivity index (χ2v) is 9.08. The van der Waals surface area contributed by atoms with Crippen molar-refractivity contribution < 1.29 is 14.3 Å². The van der Waals surface area contributed by atoms with Crippen LogP contribution in [0.15, 0.2) is 48.5 Å². The number of ether oxygens (including phenoxy) is 2. The van der Waals surface area contributed by atoms with Crippen LogP contribution in [0.5, 0.6) is 0 Å². The van der Waals surface area contributed by atoms with E-state index in [1.165, 1.54) is 0 Å². The lowest BCUT2D eigenvalue weighted by Crippen LogP contribution is -2.43. The quantitative estimate of drug-likeness (QED) is 0.530. The molecule has 166 valence electrons. The number of halogens is 2. The van der Waals surface area contributed by atoms with Gasteiger partial charge in [0.2, 0.25) is 0 Å².